The Hall–Kier alpha value is -2.54. The largest absolute Gasteiger partial charge is 0.399 e. The summed E-state index contributed by atoms with van der Waals surface area (Å²) in [6.45, 7) is 1.72. The number of halogens is 1. The van der Waals surface area contributed by atoms with Crippen LogP contribution in [0.2, 0.25) is 5.02 Å². The Bertz CT molecular complexity index is 853. The van der Waals surface area contributed by atoms with Crippen LogP contribution in [0.3, 0.4) is 0 Å². The highest BCUT2D eigenvalue weighted by molar-refractivity contribution is 6.33. The van der Waals surface area contributed by atoms with E-state index in [0.29, 0.717) is 33.7 Å². The Morgan fingerprint density at radius 3 is 3.00 bits per heavy atom. The van der Waals surface area contributed by atoms with Crippen LogP contribution in [0, 0.1) is 6.92 Å². The van der Waals surface area contributed by atoms with Crippen molar-refractivity contribution in [1.82, 2.24) is 19.6 Å². The second-order valence-corrected chi connectivity index (χ2v) is 4.68. The summed E-state index contributed by atoms with van der Waals surface area (Å²) in [6.07, 6.45) is 0. The molecule has 2 heterocycles. The molecule has 1 aromatic carbocycles. The molecule has 0 aliphatic heterocycles. The Kier molecular flexibility index (Phi) is 2.83. The van der Waals surface area contributed by atoms with Gasteiger partial charge in [0.15, 0.2) is 5.65 Å². The second-order valence-electron chi connectivity index (χ2n) is 4.28. The van der Waals surface area contributed by atoms with Gasteiger partial charge in [-0.25, -0.2) is 19.3 Å². The summed E-state index contributed by atoms with van der Waals surface area (Å²) in [5, 5.41) is 9.87. The quantitative estimate of drug-likeness (QED) is 0.624. The monoisotopic (exact) mass is 290 g/mol. The molecule has 3 aromatic rings. The highest BCUT2D eigenvalue weighted by atomic mass is 35.5. The molecule has 2 aromatic heterocycles. The number of benzene rings is 1. The summed E-state index contributed by atoms with van der Waals surface area (Å²) in [5.74, 6) is 1.05. The van der Waals surface area contributed by atoms with Gasteiger partial charge in [0.05, 0.1) is 10.7 Å². The lowest BCUT2D eigenvalue weighted by Gasteiger charge is -2.09. The molecule has 0 amide bonds. The lowest BCUT2D eigenvalue weighted by molar-refractivity contribution is 0.939. The SMILES string of the molecule is Cc1nc(Nc2cc(N)ccc2Cl)cc2n[nH]c(=O)n12. The molecule has 4 N–H and O–H groups in total. The van der Waals surface area contributed by atoms with Gasteiger partial charge < -0.3 is 11.1 Å². The van der Waals surface area contributed by atoms with E-state index in [0.717, 1.165) is 0 Å². The number of nitrogens with one attached hydrogen (secondary N) is 2. The van der Waals surface area contributed by atoms with E-state index in [-0.39, 0.29) is 5.69 Å². The van der Waals surface area contributed by atoms with Gasteiger partial charge >= 0.3 is 5.69 Å². The Morgan fingerprint density at radius 1 is 1.40 bits per heavy atom. The average molecular weight is 291 g/mol. The van der Waals surface area contributed by atoms with Crippen LogP contribution < -0.4 is 16.7 Å². The number of nitrogens with zero attached hydrogens (tertiary/aromatic N) is 3. The van der Waals surface area contributed by atoms with Crippen LogP contribution >= 0.6 is 11.6 Å². The van der Waals surface area contributed by atoms with Crippen molar-refractivity contribution < 1.29 is 0 Å². The number of aromatic nitrogens is 4. The number of nitrogens with two attached hydrogens (primary N) is 1. The van der Waals surface area contributed by atoms with Gasteiger partial charge in [-0.1, -0.05) is 11.6 Å². The minimum Gasteiger partial charge on any atom is -0.399 e. The van der Waals surface area contributed by atoms with Gasteiger partial charge in [-0.3, -0.25) is 0 Å². The fourth-order valence-corrected chi connectivity index (χ4v) is 2.10. The summed E-state index contributed by atoms with van der Waals surface area (Å²) in [5.41, 5.74) is 7.11. The maximum absolute atomic E-state index is 11.5. The average Bonchev–Trinajstić information content (AvgIpc) is 2.76. The van der Waals surface area contributed by atoms with Crippen LogP contribution in [0.15, 0.2) is 29.1 Å². The van der Waals surface area contributed by atoms with Crippen LogP contribution in [0.25, 0.3) is 5.65 Å². The van der Waals surface area contributed by atoms with E-state index in [9.17, 15) is 4.79 Å². The number of fused-ring (bicyclic) bond motifs is 1. The molecule has 0 saturated heterocycles. The van der Waals surface area contributed by atoms with Gasteiger partial charge in [0.25, 0.3) is 0 Å². The van der Waals surface area contributed by atoms with Crippen LogP contribution in [0.4, 0.5) is 17.2 Å². The first kappa shape index (κ1) is 12.5. The smallest absolute Gasteiger partial charge is 0.349 e. The zero-order chi connectivity index (χ0) is 14.3. The number of hydrogen-bond donors (Lipinski definition) is 3. The van der Waals surface area contributed by atoms with Gasteiger partial charge in [-0.15, -0.1) is 0 Å². The second kappa shape index (κ2) is 4.53. The number of nitrogen functional groups attached to an aromatic ring is 1. The zero-order valence-corrected chi connectivity index (χ0v) is 11.3. The summed E-state index contributed by atoms with van der Waals surface area (Å²) in [4.78, 5) is 15.8. The number of rotatable bonds is 2. The zero-order valence-electron chi connectivity index (χ0n) is 10.5. The van der Waals surface area contributed by atoms with Crippen LogP contribution in [-0.2, 0) is 0 Å². The van der Waals surface area contributed by atoms with Crippen LogP contribution in [0.1, 0.15) is 5.82 Å². The first-order valence-electron chi connectivity index (χ1n) is 5.81. The van der Waals surface area contributed by atoms with Gasteiger partial charge in [-0.2, -0.15) is 5.10 Å². The first-order valence-corrected chi connectivity index (χ1v) is 6.19. The van der Waals surface area contributed by atoms with Gasteiger partial charge in [0.1, 0.15) is 11.6 Å². The standard InChI is InChI=1S/C12H11ClN6O/c1-6-15-10(5-11-17-18-12(20)19(6)11)16-9-4-7(14)2-3-8(9)13/h2-5,16H,14H2,1H3,(H,18,20). The van der Waals surface area contributed by atoms with Crippen molar-refractivity contribution in [3.05, 3.63) is 45.6 Å². The van der Waals surface area contributed by atoms with E-state index in [4.69, 9.17) is 17.3 Å². The highest BCUT2D eigenvalue weighted by Crippen LogP contribution is 2.27. The Morgan fingerprint density at radius 2 is 2.20 bits per heavy atom. The van der Waals surface area contributed by atoms with Crippen molar-refractivity contribution in [1.29, 1.82) is 0 Å². The molecule has 0 bridgehead atoms. The van der Waals surface area contributed by atoms with E-state index in [1.165, 1.54) is 4.40 Å². The van der Waals surface area contributed by atoms with Gasteiger partial charge in [0, 0.05) is 11.8 Å². The predicted octanol–water partition coefficient (Wildman–Crippen LogP) is 1.71. The van der Waals surface area contributed by atoms with Crippen LogP contribution in [-0.4, -0.2) is 19.6 Å². The van der Waals surface area contributed by atoms with E-state index in [1.807, 2.05) is 0 Å². The molecule has 0 saturated carbocycles. The minimum atomic E-state index is -0.321. The van der Waals surface area contributed by atoms with Crippen molar-refractivity contribution in [2.24, 2.45) is 0 Å². The maximum Gasteiger partial charge on any atom is 0.349 e. The molecule has 3 rings (SSSR count). The van der Waals surface area contributed by atoms with Gasteiger partial charge in [-0.05, 0) is 25.1 Å². The number of aromatic amines is 1. The third-order valence-corrected chi connectivity index (χ3v) is 3.15. The van der Waals surface area contributed by atoms with Crippen molar-refractivity contribution in [2.45, 2.75) is 6.92 Å². The highest BCUT2D eigenvalue weighted by Gasteiger charge is 2.08. The number of H-pyrrole nitrogens is 1. The van der Waals surface area contributed by atoms with E-state index >= 15 is 0 Å². The molecule has 8 heteroatoms. The van der Waals surface area contributed by atoms with Crippen LogP contribution in [0.5, 0.6) is 0 Å². The van der Waals surface area contributed by atoms with E-state index in [2.05, 4.69) is 20.5 Å². The summed E-state index contributed by atoms with van der Waals surface area (Å²) >= 11 is 6.09. The number of anilines is 3. The third-order valence-electron chi connectivity index (χ3n) is 2.82. The number of hydrogen-bond acceptors (Lipinski definition) is 5. The predicted molar refractivity (Wildman–Crippen MR) is 77.5 cm³/mol. The van der Waals surface area contributed by atoms with Crippen molar-refractivity contribution >= 4 is 34.4 Å². The molecule has 0 atom stereocenters. The first-order chi connectivity index (χ1) is 9.54. The van der Waals surface area contributed by atoms with E-state index in [1.54, 1.807) is 31.2 Å². The number of aryl methyl sites for hydroxylation is 1. The lowest BCUT2D eigenvalue weighted by atomic mass is 10.3. The molecule has 0 aliphatic rings. The Labute approximate surface area is 118 Å². The molecule has 0 aliphatic carbocycles. The molecule has 20 heavy (non-hydrogen) atoms. The normalized spacial score (nSPS) is 10.9. The van der Waals surface area contributed by atoms with Crippen molar-refractivity contribution in [3.8, 4) is 0 Å². The molecule has 0 spiro atoms. The Balaban J connectivity index is 2.07. The van der Waals surface area contributed by atoms with E-state index < -0.39 is 0 Å². The third kappa shape index (κ3) is 2.08. The van der Waals surface area contributed by atoms with Crippen molar-refractivity contribution in [3.63, 3.8) is 0 Å². The van der Waals surface area contributed by atoms with Gasteiger partial charge in [0.2, 0.25) is 0 Å². The molecular formula is C12H11ClN6O. The fourth-order valence-electron chi connectivity index (χ4n) is 1.94. The maximum atomic E-state index is 11.5. The molecule has 0 unspecified atom stereocenters. The summed E-state index contributed by atoms with van der Waals surface area (Å²) < 4.78 is 1.38. The molecule has 0 radical (unpaired) electrons. The topological polar surface area (TPSA) is 101 Å². The lowest BCUT2D eigenvalue weighted by Crippen LogP contribution is -2.13. The fraction of sp³-hybridized carbons (Fsp3) is 0.0833. The molecular weight excluding hydrogens is 280 g/mol. The minimum absolute atomic E-state index is 0.321. The molecule has 7 nitrogen and oxygen atoms in total. The molecule has 102 valence electrons. The summed E-state index contributed by atoms with van der Waals surface area (Å²) in [7, 11) is 0. The molecule has 0 fully saturated rings. The summed E-state index contributed by atoms with van der Waals surface area (Å²) in [6, 6.07) is 6.76. The van der Waals surface area contributed by atoms with Crippen molar-refractivity contribution in [2.75, 3.05) is 11.1 Å².